The van der Waals surface area contributed by atoms with Crippen LogP contribution in [0.25, 0.3) is 0 Å². The van der Waals surface area contributed by atoms with E-state index in [9.17, 15) is 39.9 Å². The normalized spacial score (nSPS) is 35.7. The maximum atomic E-state index is 12.6. The number of hydrogen-bond acceptors (Lipinski definition) is 18. The van der Waals surface area contributed by atoms with Crippen LogP contribution < -0.4 is 28.4 Å². The van der Waals surface area contributed by atoms with E-state index in [1.807, 2.05) is 45.2 Å². The number of rotatable bonds is 4. The van der Waals surface area contributed by atoms with Crippen LogP contribution in [-0.2, 0) is 59.4 Å². The van der Waals surface area contributed by atoms with Gasteiger partial charge < -0.3 is 77.8 Å². The molecule has 430 valence electrons. The molecule has 2 unspecified atom stereocenters. The van der Waals surface area contributed by atoms with E-state index in [2.05, 4.69) is 59.9 Å². The fourth-order valence-electron chi connectivity index (χ4n) is 16.7. The van der Waals surface area contributed by atoms with Crippen LogP contribution in [0.3, 0.4) is 0 Å². The first-order valence-electron chi connectivity index (χ1n) is 27.9. The average molecular weight is 1140 g/mol. The maximum Gasteiger partial charge on any atom is 0.307 e. The molecule has 0 saturated carbocycles. The molecule has 6 bridgehead atoms. The summed E-state index contributed by atoms with van der Waals surface area (Å²) < 4.78 is 40.4. The van der Waals surface area contributed by atoms with E-state index < -0.39 is 57.3 Å². The van der Waals surface area contributed by atoms with Gasteiger partial charge in [-0.1, -0.05) is 43.9 Å². The number of phenols is 1. The lowest BCUT2D eigenvalue weighted by Gasteiger charge is -2.62. The lowest BCUT2D eigenvalue weighted by atomic mass is 9.50. The third-order valence-electron chi connectivity index (χ3n) is 19.8. The number of hydrogen-bond donors (Lipinski definition) is 4. The summed E-state index contributed by atoms with van der Waals surface area (Å²) in [6.45, 7) is 12.3. The number of carbonyl (C=O) groups is 3. The number of ether oxygens (including phenoxy) is 5. The van der Waals surface area contributed by atoms with Gasteiger partial charge in [0, 0.05) is 61.5 Å². The van der Waals surface area contributed by atoms with Crippen molar-refractivity contribution in [3.05, 3.63) is 105 Å². The lowest BCUT2D eigenvalue weighted by molar-refractivity contribution is -0.331. The van der Waals surface area contributed by atoms with Crippen molar-refractivity contribution < 1.29 is 72.6 Å². The molecule has 3 spiro atoms. The fourth-order valence-corrected chi connectivity index (χ4v) is 17.1. The Labute approximate surface area is 471 Å². The van der Waals surface area contributed by atoms with E-state index in [0.29, 0.717) is 72.4 Å². The van der Waals surface area contributed by atoms with Crippen molar-refractivity contribution in [3.8, 4) is 34.5 Å². The Hall–Kier alpha value is -5.29. The molecule has 6 aliphatic carbocycles. The number of likely N-dealkylation sites (N-methyl/N-ethyl adjacent to an activating group) is 3. The van der Waals surface area contributed by atoms with Gasteiger partial charge in [-0.15, -0.1) is 0 Å². The second-order valence-corrected chi connectivity index (χ2v) is 24.1. The number of benzene rings is 3. The Kier molecular flexibility index (Phi) is 14.1. The Morgan fingerprint density at radius 1 is 0.562 bits per heavy atom. The first kappa shape index (κ1) is 56.6. The number of nitrogens with zero attached hydrogens (tertiary/aromatic N) is 3. The van der Waals surface area contributed by atoms with Crippen LogP contribution in [0.4, 0.5) is 0 Å². The molecule has 15 rings (SSSR count). The number of ketones is 1. The van der Waals surface area contributed by atoms with Gasteiger partial charge in [-0.2, -0.15) is 0 Å². The molecule has 0 amide bonds. The summed E-state index contributed by atoms with van der Waals surface area (Å²) in [6, 6.07) is 11.5. The largest absolute Gasteiger partial charge is 0.873 e. The van der Waals surface area contributed by atoms with Crippen LogP contribution in [0, 0.1) is 0 Å². The van der Waals surface area contributed by atoms with Gasteiger partial charge in [-0.3, -0.25) is 9.59 Å². The number of carbonyl (C=O) groups excluding carboxylic acids is 3. The Morgan fingerprint density at radius 2 is 0.900 bits per heavy atom. The highest BCUT2D eigenvalue weighted by Crippen LogP contribution is 2.68. The highest BCUT2D eigenvalue weighted by molar-refractivity contribution is 7.10. The van der Waals surface area contributed by atoms with Gasteiger partial charge >= 0.3 is 11.9 Å². The summed E-state index contributed by atoms with van der Waals surface area (Å²) in [5.74, 6) is 3.39. The number of esters is 2. The van der Waals surface area contributed by atoms with Crippen molar-refractivity contribution in [2.24, 2.45) is 0 Å². The SMILES string of the molecule is CC.CC(=O)OC1=CC[C@]2(O)[C@@H]3Cc4ccc(O)c5c4[C@]2(CCN3C)[C@@H]1O5.CC(=O)OC1=CC[C@]2(O)[C@@H]3Cc4ccc(OP)c5c4[C@]2(CCN3C)[C@@H]1O5.CC(C)=O.CN1CC[C@@]23c4c5ccc(OP)c4O[C@@H]2C([O-])=CC[C@]3(O)[C@@H]1C5. The number of phenolic OH excluding ortho intramolecular Hbond substituents is 1. The van der Waals surface area contributed by atoms with Crippen molar-refractivity contribution in [1.82, 2.24) is 14.7 Å². The predicted octanol–water partition coefficient (Wildman–Crippen LogP) is 5.04. The molecular weight excluding hydrogens is 1060 g/mol. The van der Waals surface area contributed by atoms with Gasteiger partial charge in [0.05, 0.1) is 52.0 Å². The van der Waals surface area contributed by atoms with E-state index in [-0.39, 0.29) is 41.4 Å². The van der Waals surface area contributed by atoms with Crippen LogP contribution in [0.5, 0.6) is 34.5 Å². The van der Waals surface area contributed by atoms with Crippen molar-refractivity contribution in [2.75, 3.05) is 40.8 Å². The number of Topliss-reactive ketones (excluding diaryl/α,β-unsaturated/α-hetero) is 1. The van der Waals surface area contributed by atoms with Gasteiger partial charge in [0.1, 0.15) is 23.4 Å². The maximum absolute atomic E-state index is 12.6. The molecule has 12 aliphatic rings. The monoisotopic (exact) mass is 1140 g/mol. The second-order valence-electron chi connectivity index (χ2n) is 23.6. The standard InChI is InChI=1S/C19H22NO5P.C19H21NO5.C17H20NO4P.C3H6O.C2H6/c1-10(21)23-13-5-6-19(22)14-9-11-3-4-12(25-26)16-15(11)18(19,17(13)24-16)7-8-20(14)2;1-10(21)24-13-5-6-19(23)14-9-11-3-4-12(22)16-15(11)18(19,17(13)25-16)7-8-20(14)2;1-18-7-6-16-13-9-2-3-11(22-23)14(13)21-15(16)10(19)4-5-17(16,20)12(18)8-9;1-3(2)4;1-2/h3-5,14,17,22H,6-9,26H2,1-2H3;3-5,14,17,22-23H,6-9H2,1-2H3;2-4,12,15,19-20H,5-8,23H2,1H3;1-2H3;1-2H3/p-1/t2*14-,17+,18+,19-;12-,15+,16+,17-;;/m000../s1. The molecule has 20 heteroatoms. The highest BCUT2D eigenvalue weighted by atomic mass is 31.0. The zero-order valence-corrected chi connectivity index (χ0v) is 49.2. The van der Waals surface area contributed by atoms with Crippen LogP contribution >= 0.6 is 18.9 Å². The van der Waals surface area contributed by atoms with Crippen LogP contribution in [0.2, 0.25) is 0 Å². The average Bonchev–Trinajstić information content (AvgIpc) is 4.27. The van der Waals surface area contributed by atoms with Gasteiger partial charge in [0.2, 0.25) is 0 Å². The number of likely N-dealkylation sites (tertiary alicyclic amines) is 3. The molecule has 3 saturated heterocycles. The van der Waals surface area contributed by atoms with Gasteiger partial charge in [0.15, 0.2) is 46.7 Å². The topological polar surface area (TPSA) is 230 Å². The summed E-state index contributed by atoms with van der Waals surface area (Å²) in [5.41, 5.74) is 1.51. The molecule has 4 N–H and O–H groups in total. The van der Waals surface area contributed by atoms with E-state index in [4.69, 9.17) is 32.7 Å². The molecule has 6 aliphatic heterocycles. The van der Waals surface area contributed by atoms with Gasteiger partial charge in [-0.25, -0.2) is 0 Å². The Balaban J connectivity index is 0.000000121. The fraction of sp³-hybridized carbons (Fsp3) is 0.550. The van der Waals surface area contributed by atoms with Crippen LogP contribution in [-0.4, -0.2) is 147 Å². The highest BCUT2D eigenvalue weighted by Gasteiger charge is 2.74. The van der Waals surface area contributed by atoms with E-state index in [1.165, 1.54) is 38.8 Å². The molecular formula is C60H74N3O15P2-. The van der Waals surface area contributed by atoms with Crippen molar-refractivity contribution >= 4 is 36.7 Å². The minimum Gasteiger partial charge on any atom is -0.873 e. The molecule has 18 nitrogen and oxygen atoms in total. The van der Waals surface area contributed by atoms with Crippen molar-refractivity contribution in [1.29, 1.82) is 0 Å². The minimum atomic E-state index is -1.01. The first-order chi connectivity index (χ1) is 38.1. The smallest absolute Gasteiger partial charge is 0.307 e. The second kappa shape index (κ2) is 20.0. The van der Waals surface area contributed by atoms with Crippen molar-refractivity contribution in [2.45, 2.75) is 169 Å². The van der Waals surface area contributed by atoms with Gasteiger partial charge in [-0.05, 0) is 147 Å². The molecule has 6 heterocycles. The molecule has 3 aromatic carbocycles. The number of aliphatic hydroxyl groups is 3. The summed E-state index contributed by atoms with van der Waals surface area (Å²) in [6.07, 6.45) is 9.12. The van der Waals surface area contributed by atoms with Gasteiger partial charge in [0.25, 0.3) is 0 Å². The summed E-state index contributed by atoms with van der Waals surface area (Å²) in [5, 5.41) is 58.5. The lowest BCUT2D eigenvalue weighted by Crippen LogP contribution is -2.74. The zero-order chi connectivity index (χ0) is 57.4. The number of aromatic hydroxyl groups is 1. The van der Waals surface area contributed by atoms with Crippen molar-refractivity contribution in [3.63, 3.8) is 0 Å². The van der Waals surface area contributed by atoms with E-state index >= 15 is 0 Å². The molecule has 0 aromatic heterocycles. The summed E-state index contributed by atoms with van der Waals surface area (Å²) in [4.78, 5) is 39.3. The van der Waals surface area contributed by atoms with Crippen LogP contribution in [0.15, 0.2) is 71.9 Å². The molecule has 0 radical (unpaired) electrons. The number of piperidine rings is 3. The molecule has 3 fully saturated rings. The quantitative estimate of drug-likeness (QED) is 0.198. The van der Waals surface area contributed by atoms with Crippen LogP contribution in [0.1, 0.15) is 113 Å². The summed E-state index contributed by atoms with van der Waals surface area (Å²) >= 11 is 0. The Bertz CT molecular complexity index is 3180. The third kappa shape index (κ3) is 7.54. The van der Waals surface area contributed by atoms with E-state index in [1.54, 1.807) is 18.2 Å². The third-order valence-corrected chi connectivity index (χ3v) is 20.3. The molecule has 3 aromatic rings. The predicted molar refractivity (Wildman–Crippen MR) is 298 cm³/mol. The first-order valence-corrected chi connectivity index (χ1v) is 28.8. The molecule has 80 heavy (non-hydrogen) atoms. The summed E-state index contributed by atoms with van der Waals surface area (Å²) in [7, 11) is 10.7. The van der Waals surface area contributed by atoms with E-state index in [0.717, 1.165) is 67.6 Å². The Morgan fingerprint density at radius 3 is 1.29 bits per heavy atom. The minimum absolute atomic E-state index is 0.00121. The zero-order valence-electron chi connectivity index (χ0n) is 46.9. The molecule has 14 atom stereocenters.